The van der Waals surface area contributed by atoms with E-state index in [9.17, 15) is 4.79 Å². The maximum atomic E-state index is 12.1. The van der Waals surface area contributed by atoms with E-state index in [2.05, 4.69) is 12.6 Å². The lowest BCUT2D eigenvalue weighted by Crippen LogP contribution is -2.26. The zero-order valence-electron chi connectivity index (χ0n) is 12.5. The van der Waals surface area contributed by atoms with Crippen LogP contribution in [-0.2, 0) is 11.3 Å². The van der Waals surface area contributed by atoms with Crippen molar-refractivity contribution in [2.24, 2.45) is 5.92 Å². The number of ether oxygens (including phenoxy) is 1. The van der Waals surface area contributed by atoms with Crippen molar-refractivity contribution >= 4 is 18.5 Å². The molecule has 0 aliphatic carbocycles. The predicted octanol–water partition coefficient (Wildman–Crippen LogP) is 3.76. The first-order valence-corrected chi connectivity index (χ1v) is 7.94. The molecule has 0 bridgehead atoms. The van der Waals surface area contributed by atoms with Crippen molar-refractivity contribution in [1.82, 2.24) is 4.90 Å². The van der Waals surface area contributed by atoms with Crippen LogP contribution >= 0.6 is 12.6 Å². The van der Waals surface area contributed by atoms with Gasteiger partial charge in [-0.2, -0.15) is 12.6 Å². The minimum atomic E-state index is 0.00372. The van der Waals surface area contributed by atoms with Crippen LogP contribution in [0.5, 0.6) is 11.5 Å². The number of hydrogen-bond donors (Lipinski definition) is 1. The summed E-state index contributed by atoms with van der Waals surface area (Å²) >= 11 is 4.46. The van der Waals surface area contributed by atoms with Gasteiger partial charge in [0, 0.05) is 24.3 Å². The van der Waals surface area contributed by atoms with Crippen LogP contribution in [0.2, 0.25) is 0 Å². The molecule has 1 aliphatic heterocycles. The number of nitrogens with zero attached hydrogens (tertiary/aromatic N) is 1. The summed E-state index contributed by atoms with van der Waals surface area (Å²) in [5.74, 6) is 1.80. The number of hydrogen-bond acceptors (Lipinski definition) is 3. The second-order valence-electron chi connectivity index (χ2n) is 5.63. The van der Waals surface area contributed by atoms with Gasteiger partial charge in [-0.3, -0.25) is 4.79 Å². The van der Waals surface area contributed by atoms with E-state index in [0.29, 0.717) is 13.1 Å². The van der Waals surface area contributed by atoms with Gasteiger partial charge in [0.1, 0.15) is 11.5 Å². The lowest BCUT2D eigenvalue weighted by molar-refractivity contribution is -0.131. The van der Waals surface area contributed by atoms with Gasteiger partial charge in [0.2, 0.25) is 5.91 Å². The molecule has 3 nitrogen and oxygen atoms in total. The number of carbonyl (C=O) groups excluding carboxylic acids is 1. The van der Waals surface area contributed by atoms with E-state index in [-0.39, 0.29) is 17.1 Å². The van der Waals surface area contributed by atoms with Gasteiger partial charge in [0.05, 0.1) is 0 Å². The Bertz CT molecular complexity index is 642. The first kappa shape index (κ1) is 15.0. The minimum absolute atomic E-state index is 0.00372. The van der Waals surface area contributed by atoms with Crippen LogP contribution in [0, 0.1) is 5.92 Å². The van der Waals surface area contributed by atoms with Crippen LogP contribution in [-0.4, -0.2) is 22.6 Å². The predicted molar refractivity (Wildman–Crippen MR) is 90.3 cm³/mol. The second kappa shape index (κ2) is 6.44. The monoisotopic (exact) mass is 313 g/mol. The fourth-order valence-electron chi connectivity index (χ4n) is 2.58. The molecule has 2 aromatic rings. The largest absolute Gasteiger partial charge is 0.457 e. The summed E-state index contributed by atoms with van der Waals surface area (Å²) in [5, 5.41) is 0.133. The Kier molecular flexibility index (Phi) is 4.39. The Labute approximate surface area is 136 Å². The van der Waals surface area contributed by atoms with Crippen molar-refractivity contribution in [2.45, 2.75) is 18.7 Å². The van der Waals surface area contributed by atoms with Crippen molar-refractivity contribution < 1.29 is 9.53 Å². The molecular formula is C18H19NO2S. The van der Waals surface area contributed by atoms with Crippen molar-refractivity contribution in [3.63, 3.8) is 0 Å². The van der Waals surface area contributed by atoms with Gasteiger partial charge >= 0.3 is 0 Å². The molecule has 4 heteroatoms. The molecule has 0 N–H and O–H groups in total. The van der Waals surface area contributed by atoms with Gasteiger partial charge < -0.3 is 9.64 Å². The maximum Gasteiger partial charge on any atom is 0.226 e. The van der Waals surface area contributed by atoms with Gasteiger partial charge in [-0.25, -0.2) is 0 Å². The number of benzene rings is 2. The molecule has 1 heterocycles. The van der Waals surface area contributed by atoms with E-state index < -0.39 is 0 Å². The summed E-state index contributed by atoms with van der Waals surface area (Å²) in [6, 6.07) is 17.6. The van der Waals surface area contributed by atoms with E-state index >= 15 is 0 Å². The molecular weight excluding hydrogens is 294 g/mol. The quantitative estimate of drug-likeness (QED) is 0.871. The zero-order valence-corrected chi connectivity index (χ0v) is 13.4. The molecule has 3 rings (SSSR count). The van der Waals surface area contributed by atoms with Crippen molar-refractivity contribution in [3.8, 4) is 11.5 Å². The number of likely N-dealkylation sites (tertiary alicyclic amines) is 1. The number of rotatable bonds is 4. The highest BCUT2D eigenvalue weighted by atomic mass is 32.1. The Morgan fingerprint density at radius 2 is 1.73 bits per heavy atom. The molecule has 1 saturated heterocycles. The third kappa shape index (κ3) is 3.28. The Morgan fingerprint density at radius 3 is 2.32 bits per heavy atom. The standard InChI is InChI=1S/C18H19NO2S/c1-13-17(22)12-19(18(13)20)11-14-7-9-16(10-8-14)21-15-5-3-2-4-6-15/h2-10,13,17,22H,11-12H2,1H3/t13-,17+/m0/s1. The number of amides is 1. The van der Waals surface area contributed by atoms with Crippen molar-refractivity contribution in [2.75, 3.05) is 6.54 Å². The molecule has 1 amide bonds. The van der Waals surface area contributed by atoms with E-state index in [1.165, 1.54) is 0 Å². The van der Waals surface area contributed by atoms with Gasteiger partial charge in [0.25, 0.3) is 0 Å². The lowest BCUT2D eigenvalue weighted by atomic mass is 10.1. The average Bonchev–Trinajstić information content (AvgIpc) is 2.77. The Balaban J connectivity index is 1.64. The number of carbonyl (C=O) groups is 1. The minimum Gasteiger partial charge on any atom is -0.457 e. The Hall–Kier alpha value is -1.94. The van der Waals surface area contributed by atoms with E-state index in [1.807, 2.05) is 66.4 Å². The fourth-order valence-corrected chi connectivity index (χ4v) is 2.90. The van der Waals surface area contributed by atoms with Crippen molar-refractivity contribution in [1.29, 1.82) is 0 Å². The van der Waals surface area contributed by atoms with Gasteiger partial charge in [-0.1, -0.05) is 37.3 Å². The molecule has 0 radical (unpaired) electrons. The third-order valence-corrected chi connectivity index (χ3v) is 4.57. The fraction of sp³-hybridized carbons (Fsp3) is 0.278. The second-order valence-corrected chi connectivity index (χ2v) is 6.30. The van der Waals surface area contributed by atoms with Crippen LogP contribution in [0.15, 0.2) is 54.6 Å². The number of thiol groups is 1. The molecule has 114 valence electrons. The highest BCUT2D eigenvalue weighted by Gasteiger charge is 2.34. The molecule has 1 fully saturated rings. The molecule has 22 heavy (non-hydrogen) atoms. The third-order valence-electron chi connectivity index (χ3n) is 3.96. The molecule has 0 aromatic heterocycles. The van der Waals surface area contributed by atoms with Crippen LogP contribution in [0.3, 0.4) is 0 Å². The highest BCUT2D eigenvalue weighted by Crippen LogP contribution is 2.26. The first-order chi connectivity index (χ1) is 10.6. The summed E-state index contributed by atoms with van der Waals surface area (Å²) in [7, 11) is 0. The highest BCUT2D eigenvalue weighted by molar-refractivity contribution is 7.81. The molecule has 1 aliphatic rings. The van der Waals surface area contributed by atoms with Crippen LogP contribution in [0.4, 0.5) is 0 Å². The van der Waals surface area contributed by atoms with Crippen LogP contribution in [0.1, 0.15) is 12.5 Å². The van der Waals surface area contributed by atoms with Crippen LogP contribution < -0.4 is 4.74 Å². The van der Waals surface area contributed by atoms with Crippen LogP contribution in [0.25, 0.3) is 0 Å². The molecule has 2 aromatic carbocycles. The topological polar surface area (TPSA) is 29.5 Å². The van der Waals surface area contributed by atoms with E-state index in [0.717, 1.165) is 17.1 Å². The van der Waals surface area contributed by atoms with Gasteiger partial charge in [0.15, 0.2) is 0 Å². The Morgan fingerprint density at radius 1 is 1.09 bits per heavy atom. The zero-order chi connectivity index (χ0) is 15.5. The van der Waals surface area contributed by atoms with E-state index in [4.69, 9.17) is 4.74 Å². The number of para-hydroxylation sites is 1. The summed E-state index contributed by atoms with van der Waals surface area (Å²) < 4.78 is 5.77. The lowest BCUT2D eigenvalue weighted by Gasteiger charge is -2.16. The van der Waals surface area contributed by atoms with Gasteiger partial charge in [-0.15, -0.1) is 0 Å². The molecule has 0 spiro atoms. The smallest absolute Gasteiger partial charge is 0.226 e. The van der Waals surface area contributed by atoms with E-state index in [1.54, 1.807) is 0 Å². The summed E-state index contributed by atoms with van der Waals surface area (Å²) in [6.07, 6.45) is 0. The summed E-state index contributed by atoms with van der Waals surface area (Å²) in [6.45, 7) is 3.29. The molecule has 2 atom stereocenters. The first-order valence-electron chi connectivity index (χ1n) is 7.42. The normalized spacial score (nSPS) is 21.2. The van der Waals surface area contributed by atoms with Gasteiger partial charge in [-0.05, 0) is 29.8 Å². The van der Waals surface area contributed by atoms with Crippen molar-refractivity contribution in [3.05, 3.63) is 60.2 Å². The molecule has 0 saturated carbocycles. The molecule has 0 unspecified atom stereocenters. The SMILES string of the molecule is C[C@@H]1C(=O)N(Cc2ccc(Oc3ccccc3)cc2)C[C@H]1S. The average molecular weight is 313 g/mol. The summed E-state index contributed by atoms with van der Waals surface area (Å²) in [4.78, 5) is 14.0. The summed E-state index contributed by atoms with van der Waals surface area (Å²) in [5.41, 5.74) is 1.10. The maximum absolute atomic E-state index is 12.1.